The zero-order valence-electron chi connectivity index (χ0n) is 19.7. The summed E-state index contributed by atoms with van der Waals surface area (Å²) in [5, 5.41) is 2.75. The number of rotatable bonds is 10. The molecule has 0 bridgehead atoms. The van der Waals surface area contributed by atoms with Crippen LogP contribution >= 0.6 is 0 Å². The molecule has 10 heteroatoms. The fourth-order valence-corrected chi connectivity index (χ4v) is 3.42. The Kier molecular flexibility index (Phi) is 9.22. The Morgan fingerprint density at radius 1 is 1.09 bits per heavy atom. The van der Waals surface area contributed by atoms with Crippen molar-refractivity contribution < 1.29 is 28.7 Å². The highest BCUT2D eigenvalue weighted by Crippen LogP contribution is 2.15. The van der Waals surface area contributed by atoms with Crippen LogP contribution in [0.2, 0.25) is 0 Å². The van der Waals surface area contributed by atoms with Crippen LogP contribution in [0.25, 0.3) is 0 Å². The maximum Gasteiger partial charge on any atom is 0.417 e. The van der Waals surface area contributed by atoms with E-state index in [9.17, 15) is 14.4 Å². The van der Waals surface area contributed by atoms with Gasteiger partial charge in [0.15, 0.2) is 0 Å². The van der Waals surface area contributed by atoms with Gasteiger partial charge in [0, 0.05) is 12.5 Å². The number of hydrogen-bond acceptors (Lipinski definition) is 8. The Balaban J connectivity index is 1.81. The highest BCUT2D eigenvalue weighted by molar-refractivity contribution is 6.00. The molecule has 0 spiro atoms. The van der Waals surface area contributed by atoms with E-state index in [-0.39, 0.29) is 19.6 Å². The normalized spacial score (nSPS) is 16.3. The van der Waals surface area contributed by atoms with E-state index < -0.39 is 36.1 Å². The number of benzene rings is 2. The number of nitrogens with two attached hydrogens (primary N) is 1. The maximum absolute atomic E-state index is 13.3. The highest BCUT2D eigenvalue weighted by Gasteiger charge is 2.37. The number of hydrogen-bond donors (Lipinski definition) is 3. The van der Waals surface area contributed by atoms with Crippen LogP contribution in [-0.2, 0) is 36.9 Å². The molecule has 2 aromatic rings. The maximum atomic E-state index is 13.3. The Labute approximate surface area is 204 Å². The van der Waals surface area contributed by atoms with Gasteiger partial charge in [-0.1, -0.05) is 60.7 Å². The van der Waals surface area contributed by atoms with Crippen LogP contribution in [0.4, 0.5) is 4.79 Å². The van der Waals surface area contributed by atoms with Gasteiger partial charge >= 0.3 is 6.09 Å². The molecule has 10 nitrogen and oxygen atoms in total. The number of methoxy groups -OCH3 is 1. The molecule has 0 fully saturated rings. The smallest absolute Gasteiger partial charge is 0.417 e. The lowest BCUT2D eigenvalue weighted by Gasteiger charge is -2.30. The first-order valence-electron chi connectivity index (χ1n) is 11.2. The molecule has 1 heterocycles. The van der Waals surface area contributed by atoms with Crippen molar-refractivity contribution in [2.45, 2.75) is 38.1 Å². The minimum atomic E-state index is -1.19. The number of ether oxygens (including phenoxy) is 2. The summed E-state index contributed by atoms with van der Waals surface area (Å²) in [7, 11) is 1.48. The van der Waals surface area contributed by atoms with E-state index in [1.807, 2.05) is 48.5 Å². The minimum absolute atomic E-state index is 0.0613. The molecular formula is C25H30N4O6. The molecule has 4 N–H and O–H groups in total. The second kappa shape index (κ2) is 12.5. The van der Waals surface area contributed by atoms with Crippen LogP contribution in [0.5, 0.6) is 0 Å². The van der Waals surface area contributed by atoms with Gasteiger partial charge in [-0.3, -0.25) is 14.4 Å². The average Bonchev–Trinajstić information content (AvgIpc) is 3.35. The van der Waals surface area contributed by atoms with E-state index in [0.717, 1.165) is 16.0 Å². The first-order valence-corrected chi connectivity index (χ1v) is 11.2. The summed E-state index contributed by atoms with van der Waals surface area (Å²) in [5.74, 6) is -0.856. The van der Waals surface area contributed by atoms with E-state index in [1.54, 1.807) is 18.2 Å². The lowest BCUT2D eigenvalue weighted by molar-refractivity contribution is -0.139. The first-order chi connectivity index (χ1) is 16.9. The van der Waals surface area contributed by atoms with Crippen LogP contribution in [0, 0.1) is 0 Å². The molecule has 2 aromatic carbocycles. The molecule has 0 aliphatic carbocycles. The summed E-state index contributed by atoms with van der Waals surface area (Å²) in [6, 6.07) is 15.9. The molecular weight excluding hydrogens is 452 g/mol. The monoisotopic (exact) mass is 482 g/mol. The van der Waals surface area contributed by atoms with E-state index >= 15 is 0 Å². The summed E-state index contributed by atoms with van der Waals surface area (Å²) in [5.41, 5.74) is 9.92. The van der Waals surface area contributed by atoms with Crippen LogP contribution in [-0.4, -0.2) is 54.6 Å². The van der Waals surface area contributed by atoms with Crippen molar-refractivity contribution in [2.75, 3.05) is 13.7 Å². The largest absolute Gasteiger partial charge is 0.481 e. The Morgan fingerprint density at radius 3 is 2.29 bits per heavy atom. The third kappa shape index (κ3) is 7.29. The van der Waals surface area contributed by atoms with Gasteiger partial charge in [-0.05, 0) is 18.1 Å². The quantitative estimate of drug-likeness (QED) is 0.465. The van der Waals surface area contributed by atoms with Crippen LogP contribution < -0.4 is 16.5 Å². The highest BCUT2D eigenvalue weighted by atomic mass is 16.7. The third-order valence-corrected chi connectivity index (χ3v) is 5.26. The summed E-state index contributed by atoms with van der Waals surface area (Å²) in [4.78, 5) is 45.6. The van der Waals surface area contributed by atoms with Crippen LogP contribution in [0.3, 0.4) is 0 Å². The van der Waals surface area contributed by atoms with Crippen LogP contribution in [0.1, 0.15) is 18.1 Å². The molecule has 186 valence electrons. The van der Waals surface area contributed by atoms with Crippen molar-refractivity contribution in [3.63, 3.8) is 0 Å². The second-order valence-corrected chi connectivity index (χ2v) is 7.98. The van der Waals surface area contributed by atoms with Gasteiger partial charge in [-0.25, -0.2) is 15.2 Å². The summed E-state index contributed by atoms with van der Waals surface area (Å²) in [6.45, 7) is 1.48. The van der Waals surface area contributed by atoms with Gasteiger partial charge in [-0.15, -0.1) is 0 Å². The minimum Gasteiger partial charge on any atom is -0.481 e. The zero-order chi connectivity index (χ0) is 25.2. The topological polar surface area (TPSA) is 132 Å². The molecule has 0 radical (unpaired) electrons. The fraction of sp³-hybridized carbons (Fsp3) is 0.320. The lowest BCUT2D eigenvalue weighted by Crippen LogP contribution is -2.57. The third-order valence-electron chi connectivity index (χ3n) is 5.26. The average molecular weight is 483 g/mol. The number of carbonyl (C=O) groups excluding carboxylic acids is 3. The second-order valence-electron chi connectivity index (χ2n) is 7.98. The summed E-state index contributed by atoms with van der Waals surface area (Å²) in [6.07, 6.45) is 0.293. The number of hydroxylamine groups is 1. The van der Waals surface area contributed by atoms with Gasteiger partial charge in [0.05, 0.1) is 19.7 Å². The SMILES string of the molecule is COC1=CC(CNC(=O)[C@H](Cc2ccccc2)N(C(=O)OCc2ccccc2)C(=O)[C@H](C)N)ON1. The van der Waals surface area contributed by atoms with E-state index in [0.29, 0.717) is 5.88 Å². The predicted molar refractivity (Wildman–Crippen MR) is 127 cm³/mol. The molecule has 1 aliphatic rings. The molecule has 0 saturated carbocycles. The molecule has 1 unspecified atom stereocenters. The first kappa shape index (κ1) is 25.7. The Morgan fingerprint density at radius 2 is 1.71 bits per heavy atom. The fourth-order valence-electron chi connectivity index (χ4n) is 3.42. The molecule has 35 heavy (non-hydrogen) atoms. The molecule has 0 saturated heterocycles. The van der Waals surface area contributed by atoms with Gasteiger partial charge in [0.2, 0.25) is 17.7 Å². The summed E-state index contributed by atoms with van der Waals surface area (Å²) >= 11 is 0. The van der Waals surface area contributed by atoms with Crippen molar-refractivity contribution >= 4 is 17.9 Å². The van der Waals surface area contributed by atoms with Gasteiger partial charge in [-0.2, -0.15) is 0 Å². The molecule has 0 aromatic heterocycles. The van der Waals surface area contributed by atoms with Crippen molar-refractivity contribution in [1.82, 2.24) is 15.7 Å². The van der Waals surface area contributed by atoms with Crippen LogP contribution in [0.15, 0.2) is 72.6 Å². The number of amides is 3. The van der Waals surface area contributed by atoms with Gasteiger partial charge < -0.3 is 20.5 Å². The van der Waals surface area contributed by atoms with E-state index in [2.05, 4.69) is 10.8 Å². The Hall–Kier alpha value is -3.89. The number of imide groups is 1. The lowest BCUT2D eigenvalue weighted by atomic mass is 10.0. The predicted octanol–water partition coefficient (Wildman–Crippen LogP) is 1.62. The van der Waals surface area contributed by atoms with Crippen molar-refractivity contribution in [2.24, 2.45) is 5.73 Å². The van der Waals surface area contributed by atoms with E-state index in [4.69, 9.17) is 20.0 Å². The van der Waals surface area contributed by atoms with Gasteiger partial charge in [0.25, 0.3) is 0 Å². The molecule has 3 amide bonds. The van der Waals surface area contributed by atoms with Crippen molar-refractivity contribution in [1.29, 1.82) is 0 Å². The Bertz CT molecular complexity index is 1030. The van der Waals surface area contributed by atoms with Crippen molar-refractivity contribution in [3.8, 4) is 0 Å². The van der Waals surface area contributed by atoms with Crippen molar-refractivity contribution in [3.05, 3.63) is 83.7 Å². The van der Waals surface area contributed by atoms with E-state index in [1.165, 1.54) is 14.0 Å². The molecule has 3 atom stereocenters. The standard InChI is InChI=1S/C25H30N4O6/c1-17(26)24(31)29(25(32)34-16-19-11-7-4-8-12-19)21(13-18-9-5-3-6-10-18)23(30)27-15-20-14-22(33-2)28-35-20/h3-12,14,17,20-21,28H,13,15-16,26H2,1-2H3,(H,27,30)/t17-,20?,21-/m0/s1. The molecule has 3 rings (SSSR count). The summed E-state index contributed by atoms with van der Waals surface area (Å²) < 4.78 is 10.5. The number of nitrogens with one attached hydrogen (secondary N) is 2. The molecule has 1 aliphatic heterocycles. The number of nitrogens with zero attached hydrogens (tertiary/aromatic N) is 1. The zero-order valence-corrected chi connectivity index (χ0v) is 19.7. The van der Waals surface area contributed by atoms with Gasteiger partial charge in [0.1, 0.15) is 18.8 Å². The number of carbonyl (C=O) groups is 3.